The summed E-state index contributed by atoms with van der Waals surface area (Å²) in [5, 5.41) is 8.36. The molecule has 0 N–H and O–H groups in total. The van der Waals surface area contributed by atoms with Gasteiger partial charge >= 0.3 is 5.97 Å². The second kappa shape index (κ2) is 15.3. The highest BCUT2D eigenvalue weighted by Crippen LogP contribution is 2.22. The monoisotopic (exact) mass is 544 g/mol. The van der Waals surface area contributed by atoms with Crippen LogP contribution in [0.3, 0.4) is 0 Å². The van der Waals surface area contributed by atoms with Crippen LogP contribution in [0, 0.1) is 18.2 Å². The summed E-state index contributed by atoms with van der Waals surface area (Å²) in [6.07, 6.45) is 6.61. The zero-order valence-electron chi connectivity index (χ0n) is 22.4. The lowest BCUT2D eigenvalue weighted by Crippen LogP contribution is -2.14. The number of carbonyl (C=O) groups is 1. The minimum absolute atomic E-state index is 0.0218. The summed E-state index contributed by atoms with van der Waals surface area (Å²) in [5.41, 5.74) is 3.89. The Balaban J connectivity index is 1.75. The molecule has 0 radical (unpaired) electrons. The fourth-order valence-corrected chi connectivity index (χ4v) is 3.52. The Morgan fingerprint density at radius 3 is 2.35 bits per heavy atom. The van der Waals surface area contributed by atoms with Crippen molar-refractivity contribution in [3.63, 3.8) is 0 Å². The predicted molar refractivity (Wildman–Crippen MR) is 150 cm³/mol. The van der Waals surface area contributed by atoms with Gasteiger partial charge in [-0.1, -0.05) is 52.6 Å². The Bertz CT molecular complexity index is 1410. The molecule has 0 aliphatic carbocycles. The van der Waals surface area contributed by atoms with Gasteiger partial charge in [-0.05, 0) is 54.4 Å². The van der Waals surface area contributed by atoms with Gasteiger partial charge in [-0.2, -0.15) is 0 Å². The van der Waals surface area contributed by atoms with Crippen molar-refractivity contribution in [1.82, 2.24) is 0 Å². The topological polar surface area (TPSA) is 87.9 Å². The molecule has 0 bridgehead atoms. The standard InChI is InChI=1S/C31H29FN2O6/c1-5-18-39-34-30(24-12-16-27(17-13-24)38-19-23-10-14-26(32)15-11-23)22(2)33-40-20-25-8-6-7-9-28(25)29(21-36-3)31(35)37-4/h1,6-17,21H,18-20H2,2-4H3. The lowest BCUT2D eigenvalue weighted by molar-refractivity contribution is -0.133. The van der Waals surface area contributed by atoms with E-state index in [9.17, 15) is 9.18 Å². The highest BCUT2D eigenvalue weighted by atomic mass is 19.1. The van der Waals surface area contributed by atoms with Crippen LogP contribution in [-0.2, 0) is 37.2 Å². The molecule has 3 aromatic rings. The zero-order valence-corrected chi connectivity index (χ0v) is 22.4. The summed E-state index contributed by atoms with van der Waals surface area (Å²) < 4.78 is 28.8. The first kappa shape index (κ1) is 29.5. The van der Waals surface area contributed by atoms with Crippen LogP contribution < -0.4 is 4.74 Å². The van der Waals surface area contributed by atoms with E-state index in [0.717, 1.165) is 5.56 Å². The molecule has 0 saturated heterocycles. The average molecular weight is 545 g/mol. The van der Waals surface area contributed by atoms with Crippen molar-refractivity contribution in [2.75, 3.05) is 20.8 Å². The minimum atomic E-state index is -0.542. The number of ether oxygens (including phenoxy) is 3. The van der Waals surface area contributed by atoms with Gasteiger partial charge in [0.1, 0.15) is 41.8 Å². The van der Waals surface area contributed by atoms with Gasteiger partial charge in [0.2, 0.25) is 0 Å². The third-order valence-corrected chi connectivity index (χ3v) is 5.46. The number of nitrogens with zero attached hydrogens (tertiary/aromatic N) is 2. The molecule has 3 rings (SSSR count). The maximum absolute atomic E-state index is 13.1. The van der Waals surface area contributed by atoms with Gasteiger partial charge in [0, 0.05) is 11.1 Å². The van der Waals surface area contributed by atoms with E-state index in [4.69, 9.17) is 30.3 Å². The SMILES string of the molecule is C#CCON=C(C(C)=NOCc1ccccc1C(=COC)C(=O)OC)c1ccc(OCc2ccc(F)cc2)cc1. The number of rotatable bonds is 13. The van der Waals surface area contributed by atoms with Gasteiger partial charge in [0.25, 0.3) is 0 Å². The van der Waals surface area contributed by atoms with E-state index < -0.39 is 5.97 Å². The van der Waals surface area contributed by atoms with Crippen LogP contribution in [0.25, 0.3) is 5.57 Å². The normalized spacial score (nSPS) is 11.8. The lowest BCUT2D eigenvalue weighted by atomic mass is 10.0. The van der Waals surface area contributed by atoms with Gasteiger partial charge in [0.15, 0.2) is 6.61 Å². The fraction of sp³-hybridized carbons (Fsp3) is 0.194. The van der Waals surface area contributed by atoms with Crippen LogP contribution in [0.5, 0.6) is 5.75 Å². The second-order valence-corrected chi connectivity index (χ2v) is 8.22. The second-order valence-electron chi connectivity index (χ2n) is 8.22. The summed E-state index contributed by atoms with van der Waals surface area (Å²) in [7, 11) is 2.75. The third kappa shape index (κ3) is 8.46. The highest BCUT2D eigenvalue weighted by Gasteiger charge is 2.17. The van der Waals surface area contributed by atoms with Gasteiger partial charge in [-0.3, -0.25) is 0 Å². The first-order chi connectivity index (χ1) is 19.5. The Kier molecular flexibility index (Phi) is 11.3. The summed E-state index contributed by atoms with van der Waals surface area (Å²) in [6.45, 7) is 2.04. The lowest BCUT2D eigenvalue weighted by Gasteiger charge is -2.12. The molecule has 0 atom stereocenters. The molecule has 40 heavy (non-hydrogen) atoms. The number of hydrogen-bond acceptors (Lipinski definition) is 8. The van der Waals surface area contributed by atoms with Gasteiger partial charge < -0.3 is 23.9 Å². The van der Waals surface area contributed by atoms with Crippen LogP contribution in [-0.4, -0.2) is 38.2 Å². The largest absolute Gasteiger partial charge is 0.503 e. The van der Waals surface area contributed by atoms with E-state index in [0.29, 0.717) is 40.5 Å². The number of benzene rings is 3. The van der Waals surface area contributed by atoms with E-state index in [2.05, 4.69) is 16.2 Å². The number of methoxy groups -OCH3 is 2. The molecule has 0 amide bonds. The molecule has 0 fully saturated rings. The maximum atomic E-state index is 13.1. The van der Waals surface area contributed by atoms with Gasteiger partial charge in [-0.15, -0.1) is 6.42 Å². The van der Waals surface area contributed by atoms with E-state index in [-0.39, 0.29) is 24.6 Å². The van der Waals surface area contributed by atoms with Gasteiger partial charge in [0.05, 0.1) is 20.5 Å². The molecule has 0 aromatic heterocycles. The van der Waals surface area contributed by atoms with E-state index >= 15 is 0 Å². The van der Waals surface area contributed by atoms with Crippen LogP contribution in [0.4, 0.5) is 4.39 Å². The third-order valence-electron chi connectivity index (χ3n) is 5.46. The number of terminal acetylenes is 1. The van der Waals surface area contributed by atoms with Crippen LogP contribution >= 0.6 is 0 Å². The number of esters is 1. The molecule has 0 aliphatic heterocycles. The molecular weight excluding hydrogens is 515 g/mol. The summed E-state index contributed by atoms with van der Waals surface area (Å²) in [6, 6.07) is 20.4. The van der Waals surface area contributed by atoms with Gasteiger partial charge in [-0.25, -0.2) is 9.18 Å². The molecule has 206 valence electrons. The smallest absolute Gasteiger partial charge is 0.341 e. The number of halogens is 1. The molecule has 0 heterocycles. The molecule has 3 aromatic carbocycles. The van der Waals surface area contributed by atoms with E-state index in [1.807, 2.05) is 12.1 Å². The Morgan fingerprint density at radius 2 is 1.68 bits per heavy atom. The first-order valence-corrected chi connectivity index (χ1v) is 12.1. The first-order valence-electron chi connectivity index (χ1n) is 12.1. The van der Waals surface area contributed by atoms with Crippen molar-refractivity contribution in [2.24, 2.45) is 10.3 Å². The van der Waals surface area contributed by atoms with Crippen molar-refractivity contribution in [3.8, 4) is 18.1 Å². The minimum Gasteiger partial charge on any atom is -0.503 e. The average Bonchev–Trinajstić information content (AvgIpc) is 2.98. The van der Waals surface area contributed by atoms with Crippen molar-refractivity contribution >= 4 is 23.0 Å². The Labute approximate surface area is 232 Å². The molecule has 0 unspecified atom stereocenters. The maximum Gasteiger partial charge on any atom is 0.341 e. The highest BCUT2D eigenvalue weighted by molar-refractivity contribution is 6.47. The molecule has 8 nitrogen and oxygen atoms in total. The molecule has 0 spiro atoms. The number of hydrogen-bond donors (Lipinski definition) is 0. The molecule has 9 heteroatoms. The fourth-order valence-electron chi connectivity index (χ4n) is 3.52. The quantitative estimate of drug-likeness (QED) is 0.0536. The Hall–Kier alpha value is -5.10. The Morgan fingerprint density at radius 1 is 0.950 bits per heavy atom. The molecule has 0 aliphatic rings. The van der Waals surface area contributed by atoms with E-state index in [1.165, 1.54) is 32.6 Å². The van der Waals surface area contributed by atoms with Crippen LogP contribution in [0.1, 0.15) is 29.2 Å². The van der Waals surface area contributed by atoms with Crippen LogP contribution in [0.15, 0.2) is 89.4 Å². The van der Waals surface area contributed by atoms with E-state index in [1.54, 1.807) is 55.5 Å². The van der Waals surface area contributed by atoms with Crippen molar-refractivity contribution in [2.45, 2.75) is 20.1 Å². The predicted octanol–water partition coefficient (Wildman–Crippen LogP) is 5.51. The molecule has 0 saturated carbocycles. The van der Waals surface area contributed by atoms with Crippen molar-refractivity contribution < 1.29 is 33.1 Å². The molecular formula is C31H29FN2O6. The zero-order chi connectivity index (χ0) is 28.7. The summed E-state index contributed by atoms with van der Waals surface area (Å²) >= 11 is 0. The van der Waals surface area contributed by atoms with Crippen LogP contribution in [0.2, 0.25) is 0 Å². The summed E-state index contributed by atoms with van der Waals surface area (Å²) in [5.74, 6) is 2.14. The number of carbonyl (C=O) groups excluding carboxylic acids is 1. The van der Waals surface area contributed by atoms with Crippen molar-refractivity contribution in [1.29, 1.82) is 0 Å². The number of oxime groups is 2. The summed E-state index contributed by atoms with van der Waals surface area (Å²) in [4.78, 5) is 23.1. The van der Waals surface area contributed by atoms with Crippen molar-refractivity contribution in [3.05, 3.63) is 107 Å².